The monoisotopic (exact) mass is 275 g/mol. The van der Waals surface area contributed by atoms with Crippen molar-refractivity contribution in [2.75, 3.05) is 13.7 Å². The fourth-order valence-corrected chi connectivity index (χ4v) is 2.42. The Morgan fingerprint density at radius 3 is 2.95 bits per heavy atom. The smallest absolute Gasteiger partial charge is 0.244 e. The number of hydrogen-bond acceptors (Lipinski definition) is 6. The van der Waals surface area contributed by atoms with Gasteiger partial charge in [-0.1, -0.05) is 5.16 Å². The summed E-state index contributed by atoms with van der Waals surface area (Å²) >= 11 is 0. The number of aliphatic hydroxyl groups is 1. The lowest BCUT2D eigenvalue weighted by atomic mass is 10.1. The second-order valence-corrected chi connectivity index (χ2v) is 4.99. The van der Waals surface area contributed by atoms with Gasteiger partial charge in [0.2, 0.25) is 11.7 Å². The molecule has 106 valence electrons. The molecule has 1 aromatic heterocycles. The van der Waals surface area contributed by atoms with Crippen molar-refractivity contribution in [2.24, 2.45) is 0 Å². The van der Waals surface area contributed by atoms with Gasteiger partial charge in [0.1, 0.15) is 5.75 Å². The van der Waals surface area contributed by atoms with E-state index >= 15 is 0 Å². The van der Waals surface area contributed by atoms with Gasteiger partial charge in [0.25, 0.3) is 0 Å². The number of benzene rings is 1. The second-order valence-electron chi connectivity index (χ2n) is 4.99. The zero-order chi connectivity index (χ0) is 14.1. The van der Waals surface area contributed by atoms with Crippen LogP contribution in [0.5, 0.6) is 5.75 Å². The molecule has 1 saturated heterocycles. The lowest BCUT2D eigenvalue weighted by molar-refractivity contribution is 0.191. The summed E-state index contributed by atoms with van der Waals surface area (Å²) in [6.07, 6.45) is 0.252. The number of nitrogens with one attached hydrogen (secondary N) is 1. The second kappa shape index (κ2) is 5.22. The summed E-state index contributed by atoms with van der Waals surface area (Å²) in [7, 11) is 1.64. The van der Waals surface area contributed by atoms with E-state index in [1.165, 1.54) is 0 Å². The SMILES string of the molecule is COc1ccc(-c2noc([C@@H]3C[C@@H](O)CN3)n2)cc1C. The van der Waals surface area contributed by atoms with Gasteiger partial charge in [0.05, 0.1) is 19.3 Å². The number of aromatic nitrogens is 2. The van der Waals surface area contributed by atoms with E-state index in [-0.39, 0.29) is 12.1 Å². The van der Waals surface area contributed by atoms with Crippen LogP contribution in [0.25, 0.3) is 11.4 Å². The lowest BCUT2D eigenvalue weighted by Gasteiger charge is -2.04. The molecule has 0 spiro atoms. The minimum absolute atomic E-state index is 0.0643. The molecule has 2 heterocycles. The van der Waals surface area contributed by atoms with Crippen LogP contribution in [0.3, 0.4) is 0 Å². The summed E-state index contributed by atoms with van der Waals surface area (Å²) in [5.74, 6) is 1.90. The first-order valence-corrected chi connectivity index (χ1v) is 6.57. The van der Waals surface area contributed by atoms with E-state index < -0.39 is 0 Å². The Morgan fingerprint density at radius 1 is 1.45 bits per heavy atom. The predicted octanol–water partition coefficient (Wildman–Crippen LogP) is 1.45. The zero-order valence-electron chi connectivity index (χ0n) is 11.5. The van der Waals surface area contributed by atoms with Crippen molar-refractivity contribution in [3.63, 3.8) is 0 Å². The summed E-state index contributed by atoms with van der Waals surface area (Å²) in [5, 5.41) is 16.7. The molecule has 20 heavy (non-hydrogen) atoms. The van der Waals surface area contributed by atoms with Gasteiger partial charge < -0.3 is 19.7 Å². The number of rotatable bonds is 3. The fraction of sp³-hybridized carbons (Fsp3) is 0.429. The van der Waals surface area contributed by atoms with Gasteiger partial charge in [-0.25, -0.2) is 0 Å². The normalized spacial score (nSPS) is 22.1. The van der Waals surface area contributed by atoms with Crippen LogP contribution in [0.2, 0.25) is 0 Å². The summed E-state index contributed by atoms with van der Waals surface area (Å²) < 4.78 is 10.5. The maximum Gasteiger partial charge on any atom is 0.244 e. The summed E-state index contributed by atoms with van der Waals surface area (Å²) in [6, 6.07) is 5.69. The molecule has 1 aromatic carbocycles. The standard InChI is InChI=1S/C14H17N3O3/c1-8-5-9(3-4-12(8)19-2)13-16-14(20-17-13)11-6-10(18)7-15-11/h3-5,10-11,15,18H,6-7H2,1-2H3/t10-,11+/m1/s1. The number of β-amino-alcohol motifs (C(OH)–C–C–N with tert-alkyl or cyclic N) is 1. The molecule has 2 atom stereocenters. The highest BCUT2D eigenvalue weighted by Crippen LogP contribution is 2.27. The molecule has 0 amide bonds. The third-order valence-electron chi connectivity index (χ3n) is 3.50. The molecule has 2 aromatic rings. The molecular weight excluding hydrogens is 258 g/mol. The number of hydrogen-bond donors (Lipinski definition) is 2. The Morgan fingerprint density at radius 2 is 2.30 bits per heavy atom. The number of methoxy groups -OCH3 is 1. The van der Waals surface area contributed by atoms with Gasteiger partial charge in [-0.15, -0.1) is 0 Å². The molecule has 0 bridgehead atoms. The van der Waals surface area contributed by atoms with Crippen LogP contribution in [-0.4, -0.2) is 35.0 Å². The highest BCUT2D eigenvalue weighted by Gasteiger charge is 2.28. The van der Waals surface area contributed by atoms with Crippen molar-refractivity contribution in [1.29, 1.82) is 0 Å². The van der Waals surface area contributed by atoms with E-state index in [2.05, 4.69) is 15.5 Å². The van der Waals surface area contributed by atoms with Crippen LogP contribution in [0, 0.1) is 6.92 Å². The predicted molar refractivity (Wildman–Crippen MR) is 72.4 cm³/mol. The van der Waals surface area contributed by atoms with Crippen molar-refractivity contribution >= 4 is 0 Å². The maximum atomic E-state index is 9.51. The molecule has 0 radical (unpaired) electrons. The summed E-state index contributed by atoms with van der Waals surface area (Å²) in [5.41, 5.74) is 1.91. The third-order valence-corrected chi connectivity index (χ3v) is 3.50. The molecule has 0 unspecified atom stereocenters. The van der Waals surface area contributed by atoms with Crippen molar-refractivity contribution in [3.05, 3.63) is 29.7 Å². The molecular formula is C14H17N3O3. The largest absolute Gasteiger partial charge is 0.496 e. The molecule has 0 saturated carbocycles. The van der Waals surface area contributed by atoms with Crippen LogP contribution < -0.4 is 10.1 Å². The Labute approximate surface area is 116 Å². The maximum absolute atomic E-state index is 9.51. The summed E-state index contributed by atoms with van der Waals surface area (Å²) in [6.45, 7) is 2.53. The Balaban J connectivity index is 1.84. The van der Waals surface area contributed by atoms with Crippen molar-refractivity contribution < 1.29 is 14.4 Å². The van der Waals surface area contributed by atoms with Crippen LogP contribution in [0.1, 0.15) is 23.9 Å². The van der Waals surface area contributed by atoms with Gasteiger partial charge in [-0.2, -0.15) is 4.98 Å². The fourth-order valence-electron chi connectivity index (χ4n) is 2.42. The molecule has 1 aliphatic heterocycles. The van der Waals surface area contributed by atoms with Crippen LogP contribution in [0.15, 0.2) is 22.7 Å². The van der Waals surface area contributed by atoms with Crippen LogP contribution >= 0.6 is 0 Å². The minimum atomic E-state index is -0.349. The molecule has 1 aliphatic rings. The molecule has 1 fully saturated rings. The van der Waals surface area contributed by atoms with Crippen LogP contribution in [0.4, 0.5) is 0 Å². The Bertz CT molecular complexity index is 611. The van der Waals surface area contributed by atoms with Crippen molar-refractivity contribution in [2.45, 2.75) is 25.5 Å². The Kier molecular flexibility index (Phi) is 3.42. The molecule has 6 heteroatoms. The molecule has 0 aliphatic carbocycles. The van der Waals surface area contributed by atoms with E-state index in [9.17, 15) is 5.11 Å². The van der Waals surface area contributed by atoms with E-state index in [4.69, 9.17) is 9.26 Å². The Hall–Kier alpha value is -1.92. The van der Waals surface area contributed by atoms with Gasteiger partial charge in [0, 0.05) is 12.1 Å². The van der Waals surface area contributed by atoms with Gasteiger partial charge in [-0.3, -0.25) is 0 Å². The summed E-state index contributed by atoms with van der Waals surface area (Å²) in [4.78, 5) is 4.40. The highest BCUT2D eigenvalue weighted by atomic mass is 16.5. The quantitative estimate of drug-likeness (QED) is 0.882. The van der Waals surface area contributed by atoms with Gasteiger partial charge >= 0.3 is 0 Å². The first kappa shape index (κ1) is 13.1. The van der Waals surface area contributed by atoms with E-state index in [1.807, 2.05) is 25.1 Å². The first-order chi connectivity index (χ1) is 9.67. The topological polar surface area (TPSA) is 80.4 Å². The number of ether oxygens (including phenoxy) is 1. The zero-order valence-corrected chi connectivity index (χ0v) is 11.5. The average Bonchev–Trinajstić information content (AvgIpc) is 3.07. The van der Waals surface area contributed by atoms with Crippen LogP contribution in [-0.2, 0) is 0 Å². The minimum Gasteiger partial charge on any atom is -0.496 e. The van der Waals surface area contributed by atoms with Gasteiger partial charge in [-0.05, 0) is 37.1 Å². The van der Waals surface area contributed by atoms with E-state index in [1.54, 1.807) is 7.11 Å². The van der Waals surface area contributed by atoms with Gasteiger partial charge in [0.15, 0.2) is 0 Å². The van der Waals surface area contributed by atoms with E-state index in [0.717, 1.165) is 16.9 Å². The lowest BCUT2D eigenvalue weighted by Crippen LogP contribution is -2.15. The number of nitrogens with zero attached hydrogens (tertiary/aromatic N) is 2. The van der Waals surface area contributed by atoms with E-state index in [0.29, 0.717) is 24.7 Å². The van der Waals surface area contributed by atoms with Crippen molar-refractivity contribution in [1.82, 2.24) is 15.5 Å². The molecule has 3 rings (SSSR count). The number of aryl methyl sites for hydroxylation is 1. The highest BCUT2D eigenvalue weighted by molar-refractivity contribution is 5.58. The molecule has 2 N–H and O–H groups in total. The molecule has 6 nitrogen and oxygen atoms in total. The third kappa shape index (κ3) is 2.39. The van der Waals surface area contributed by atoms with Crippen molar-refractivity contribution in [3.8, 4) is 17.1 Å². The average molecular weight is 275 g/mol. The first-order valence-electron chi connectivity index (χ1n) is 6.57. The number of aliphatic hydroxyl groups excluding tert-OH is 1.